The van der Waals surface area contributed by atoms with Crippen LogP contribution in [0.15, 0.2) is 42.5 Å². The maximum absolute atomic E-state index is 13.1. The largest absolute Gasteiger partial charge is 0.458 e. The van der Waals surface area contributed by atoms with Crippen LogP contribution in [-0.2, 0) is 29.4 Å². The smallest absolute Gasteiger partial charge is 0.417 e. The number of carbonyl (C=O) groups is 2. The van der Waals surface area contributed by atoms with Gasteiger partial charge in [-0.05, 0) is 30.3 Å². The van der Waals surface area contributed by atoms with E-state index in [9.17, 15) is 22.8 Å². The van der Waals surface area contributed by atoms with Crippen LogP contribution in [0, 0.1) is 0 Å². The molecule has 2 aromatic carbocycles. The first-order chi connectivity index (χ1) is 13.2. The van der Waals surface area contributed by atoms with E-state index in [-0.39, 0.29) is 6.61 Å². The SMILES string of the molecule is CC(=O)OCc1nc2ccc(NC(=O)c3ccccc3C(F)(F)F)cc2n1C. The Kier molecular flexibility index (Phi) is 5.08. The van der Waals surface area contributed by atoms with Crippen LogP contribution >= 0.6 is 0 Å². The number of imidazole rings is 1. The lowest BCUT2D eigenvalue weighted by molar-refractivity contribution is -0.142. The first kappa shape index (κ1) is 19.4. The Labute approximate surface area is 157 Å². The van der Waals surface area contributed by atoms with E-state index in [1.807, 2.05) is 0 Å². The van der Waals surface area contributed by atoms with E-state index in [0.717, 1.165) is 12.1 Å². The lowest BCUT2D eigenvalue weighted by Crippen LogP contribution is -2.18. The number of ether oxygens (including phenoxy) is 1. The predicted molar refractivity (Wildman–Crippen MR) is 95.6 cm³/mol. The molecule has 3 rings (SSSR count). The van der Waals surface area contributed by atoms with Gasteiger partial charge in [-0.1, -0.05) is 12.1 Å². The van der Waals surface area contributed by atoms with Gasteiger partial charge in [0.2, 0.25) is 0 Å². The van der Waals surface area contributed by atoms with Crippen molar-refractivity contribution in [2.75, 3.05) is 5.32 Å². The summed E-state index contributed by atoms with van der Waals surface area (Å²) in [5.41, 5.74) is 0.0762. The molecule has 1 heterocycles. The Hall–Kier alpha value is -3.36. The van der Waals surface area contributed by atoms with Gasteiger partial charge in [0.05, 0.1) is 22.2 Å². The van der Waals surface area contributed by atoms with Crippen LogP contribution in [0.4, 0.5) is 18.9 Å². The number of esters is 1. The third kappa shape index (κ3) is 3.98. The van der Waals surface area contributed by atoms with Gasteiger partial charge in [0.25, 0.3) is 5.91 Å². The average Bonchev–Trinajstić information content (AvgIpc) is 2.95. The molecule has 0 fully saturated rings. The van der Waals surface area contributed by atoms with E-state index in [2.05, 4.69) is 10.3 Å². The van der Waals surface area contributed by atoms with Crippen LogP contribution in [0.1, 0.15) is 28.7 Å². The van der Waals surface area contributed by atoms with Gasteiger partial charge in [0, 0.05) is 19.7 Å². The molecular formula is C19H16F3N3O3. The van der Waals surface area contributed by atoms with Crippen molar-refractivity contribution in [2.24, 2.45) is 7.05 Å². The van der Waals surface area contributed by atoms with Crippen LogP contribution in [0.2, 0.25) is 0 Å². The molecule has 0 aliphatic carbocycles. The Balaban J connectivity index is 1.88. The molecule has 0 aliphatic heterocycles. The molecule has 28 heavy (non-hydrogen) atoms. The standard InChI is InChI=1S/C19H16F3N3O3/c1-11(26)28-10-17-24-15-8-7-12(9-16(15)25(17)2)23-18(27)13-5-3-4-6-14(13)19(20,21)22/h3-9H,10H2,1-2H3,(H,23,27). The Morgan fingerprint density at radius 2 is 1.89 bits per heavy atom. The first-order valence-electron chi connectivity index (χ1n) is 8.23. The van der Waals surface area contributed by atoms with Gasteiger partial charge in [0.1, 0.15) is 12.4 Å². The highest BCUT2D eigenvalue weighted by molar-refractivity contribution is 6.06. The normalized spacial score (nSPS) is 11.5. The summed E-state index contributed by atoms with van der Waals surface area (Å²) in [6.45, 7) is 1.27. The molecule has 9 heteroatoms. The Bertz CT molecular complexity index is 1060. The first-order valence-corrected chi connectivity index (χ1v) is 8.23. The summed E-state index contributed by atoms with van der Waals surface area (Å²) in [4.78, 5) is 27.7. The zero-order valence-corrected chi connectivity index (χ0v) is 15.0. The molecule has 3 aromatic rings. The van der Waals surface area contributed by atoms with Crippen LogP contribution < -0.4 is 5.32 Å². The van der Waals surface area contributed by atoms with E-state index in [4.69, 9.17) is 4.74 Å². The van der Waals surface area contributed by atoms with Gasteiger partial charge >= 0.3 is 12.1 Å². The number of amides is 1. The summed E-state index contributed by atoms with van der Waals surface area (Å²) in [5.74, 6) is -0.811. The van der Waals surface area contributed by atoms with E-state index < -0.39 is 29.2 Å². The van der Waals surface area contributed by atoms with Crippen molar-refractivity contribution < 1.29 is 27.5 Å². The summed E-state index contributed by atoms with van der Waals surface area (Å²) in [7, 11) is 1.71. The highest BCUT2D eigenvalue weighted by Gasteiger charge is 2.34. The van der Waals surface area contributed by atoms with Crippen molar-refractivity contribution >= 4 is 28.6 Å². The zero-order valence-electron chi connectivity index (χ0n) is 15.0. The van der Waals surface area contributed by atoms with Gasteiger partial charge in [-0.25, -0.2) is 4.98 Å². The second kappa shape index (κ2) is 7.34. The van der Waals surface area contributed by atoms with Crippen LogP contribution in [-0.4, -0.2) is 21.4 Å². The molecule has 0 spiro atoms. The van der Waals surface area contributed by atoms with Crippen molar-refractivity contribution in [3.63, 3.8) is 0 Å². The van der Waals surface area contributed by atoms with Crippen LogP contribution in [0.3, 0.4) is 0 Å². The van der Waals surface area contributed by atoms with Gasteiger partial charge in [0.15, 0.2) is 0 Å². The number of carbonyl (C=O) groups excluding carboxylic acids is 2. The average molecular weight is 391 g/mol. The fourth-order valence-electron chi connectivity index (χ4n) is 2.74. The third-order valence-electron chi connectivity index (χ3n) is 4.11. The monoisotopic (exact) mass is 391 g/mol. The zero-order chi connectivity index (χ0) is 20.5. The number of aryl methyl sites for hydroxylation is 1. The molecule has 0 unspecified atom stereocenters. The Morgan fingerprint density at radius 1 is 1.18 bits per heavy atom. The topological polar surface area (TPSA) is 73.2 Å². The number of nitrogens with one attached hydrogen (secondary N) is 1. The van der Waals surface area contributed by atoms with Gasteiger partial charge < -0.3 is 14.6 Å². The summed E-state index contributed by atoms with van der Waals surface area (Å²) in [5, 5.41) is 2.48. The quantitative estimate of drug-likeness (QED) is 0.685. The number of fused-ring (bicyclic) bond motifs is 1. The number of alkyl halides is 3. The second-order valence-corrected chi connectivity index (χ2v) is 6.07. The van der Waals surface area contributed by atoms with Gasteiger partial charge in [-0.2, -0.15) is 13.2 Å². The fraction of sp³-hybridized carbons (Fsp3) is 0.211. The van der Waals surface area contributed by atoms with Gasteiger partial charge in [-0.3, -0.25) is 9.59 Å². The maximum atomic E-state index is 13.1. The van der Waals surface area contributed by atoms with Crippen molar-refractivity contribution in [1.82, 2.24) is 9.55 Å². The molecule has 0 bridgehead atoms. The summed E-state index contributed by atoms with van der Waals surface area (Å²) < 4.78 is 46.0. The number of nitrogens with zero attached hydrogens (tertiary/aromatic N) is 2. The second-order valence-electron chi connectivity index (χ2n) is 6.07. The number of hydrogen-bond donors (Lipinski definition) is 1. The number of halogens is 3. The van der Waals surface area contributed by atoms with E-state index in [0.29, 0.717) is 22.5 Å². The summed E-state index contributed by atoms with van der Waals surface area (Å²) in [6.07, 6.45) is -4.63. The van der Waals surface area contributed by atoms with Crippen molar-refractivity contribution in [3.05, 3.63) is 59.4 Å². The molecular weight excluding hydrogens is 375 g/mol. The predicted octanol–water partition coefficient (Wildman–Crippen LogP) is 3.91. The van der Waals surface area contributed by atoms with Crippen LogP contribution in [0.25, 0.3) is 11.0 Å². The number of anilines is 1. The van der Waals surface area contributed by atoms with Crippen molar-refractivity contribution in [2.45, 2.75) is 19.7 Å². The number of aromatic nitrogens is 2. The number of rotatable bonds is 4. The number of hydrogen-bond acceptors (Lipinski definition) is 4. The number of benzene rings is 2. The molecule has 1 amide bonds. The van der Waals surface area contributed by atoms with E-state index in [1.54, 1.807) is 29.8 Å². The molecule has 0 radical (unpaired) electrons. The van der Waals surface area contributed by atoms with Crippen molar-refractivity contribution in [1.29, 1.82) is 0 Å². The molecule has 0 saturated heterocycles. The van der Waals surface area contributed by atoms with E-state index >= 15 is 0 Å². The molecule has 6 nitrogen and oxygen atoms in total. The summed E-state index contributed by atoms with van der Waals surface area (Å²) >= 11 is 0. The lowest BCUT2D eigenvalue weighted by atomic mass is 10.1. The molecule has 146 valence electrons. The molecule has 1 N–H and O–H groups in total. The molecule has 0 saturated carbocycles. The highest BCUT2D eigenvalue weighted by Crippen LogP contribution is 2.32. The highest BCUT2D eigenvalue weighted by atomic mass is 19.4. The lowest BCUT2D eigenvalue weighted by Gasteiger charge is -2.12. The summed E-state index contributed by atoms with van der Waals surface area (Å²) in [6, 6.07) is 9.34. The molecule has 0 aliphatic rings. The molecule has 1 aromatic heterocycles. The minimum absolute atomic E-state index is 0.0127. The Morgan fingerprint density at radius 3 is 2.57 bits per heavy atom. The van der Waals surface area contributed by atoms with Gasteiger partial charge in [-0.15, -0.1) is 0 Å². The fourth-order valence-corrected chi connectivity index (χ4v) is 2.74. The minimum atomic E-state index is -4.63. The maximum Gasteiger partial charge on any atom is 0.417 e. The third-order valence-corrected chi connectivity index (χ3v) is 4.11. The van der Waals surface area contributed by atoms with E-state index in [1.165, 1.54) is 19.1 Å². The minimum Gasteiger partial charge on any atom is -0.458 e. The molecule has 0 atom stereocenters. The van der Waals surface area contributed by atoms with Crippen LogP contribution in [0.5, 0.6) is 0 Å². The van der Waals surface area contributed by atoms with Crippen molar-refractivity contribution in [3.8, 4) is 0 Å².